The smallest absolute Gasteiger partial charge is 0.336 e. The van der Waals surface area contributed by atoms with E-state index in [0.717, 1.165) is 45.0 Å². The molecule has 0 atom stereocenters. The van der Waals surface area contributed by atoms with Crippen LogP contribution in [0.3, 0.4) is 0 Å². The second kappa shape index (κ2) is 5.94. The van der Waals surface area contributed by atoms with Crippen LogP contribution < -0.4 is 15.7 Å². The summed E-state index contributed by atoms with van der Waals surface area (Å²) in [5, 5.41) is 4.36. The van der Waals surface area contributed by atoms with E-state index >= 15 is 0 Å². The number of hydrogen-bond acceptors (Lipinski definition) is 8. The van der Waals surface area contributed by atoms with E-state index in [0.29, 0.717) is 22.5 Å². The minimum absolute atomic E-state index is 0.129. The number of Topliss-reactive ketones (excluding diaryl/α,β-unsaturated/α-hetero) is 1. The lowest BCUT2D eigenvalue weighted by atomic mass is 9.86. The van der Waals surface area contributed by atoms with Crippen molar-refractivity contribution in [1.29, 1.82) is 0 Å². The van der Waals surface area contributed by atoms with Crippen molar-refractivity contribution in [3.63, 3.8) is 0 Å². The molecular formula is C22H24N4O4. The Morgan fingerprint density at radius 2 is 1.60 bits per heavy atom. The molecule has 2 aromatic rings. The molecule has 0 spiro atoms. The number of fused-ring (bicyclic) bond motifs is 3. The molecule has 0 radical (unpaired) electrons. The van der Waals surface area contributed by atoms with Crippen LogP contribution in [0.4, 0.5) is 0 Å². The molecule has 7 rings (SSSR count). The third-order valence-electron chi connectivity index (χ3n) is 6.48. The summed E-state index contributed by atoms with van der Waals surface area (Å²) < 4.78 is 11.5. The normalized spacial score (nSPS) is 34.8. The molecule has 6 heterocycles. The van der Waals surface area contributed by atoms with Gasteiger partial charge in [0.05, 0.1) is 36.7 Å². The molecule has 5 aliphatic heterocycles. The van der Waals surface area contributed by atoms with Gasteiger partial charge in [-0.1, -0.05) is 0 Å². The fourth-order valence-electron chi connectivity index (χ4n) is 5.43. The molecule has 5 aliphatic rings. The number of carbonyl (C=O) groups is 1. The van der Waals surface area contributed by atoms with Crippen molar-refractivity contribution in [3.05, 3.63) is 46.4 Å². The Balaban J connectivity index is 1.47. The molecule has 0 aliphatic carbocycles. The van der Waals surface area contributed by atoms with Crippen molar-refractivity contribution in [3.8, 4) is 5.75 Å². The topological polar surface area (TPSA) is 78.3 Å². The minimum atomic E-state index is -0.999. The zero-order chi connectivity index (χ0) is 20.7. The highest BCUT2D eigenvalue weighted by Crippen LogP contribution is 2.42. The number of carbonyl (C=O) groups excluding carboxylic acids is 1. The fourth-order valence-corrected chi connectivity index (χ4v) is 5.43. The van der Waals surface area contributed by atoms with Crippen molar-refractivity contribution >= 4 is 22.3 Å². The molecule has 30 heavy (non-hydrogen) atoms. The summed E-state index contributed by atoms with van der Waals surface area (Å²) in [4.78, 5) is 32.5. The number of nitrogens with zero attached hydrogens (tertiary/aromatic N) is 3. The molecule has 1 N–H and O–H groups in total. The van der Waals surface area contributed by atoms with Crippen molar-refractivity contribution < 1.29 is 13.9 Å². The molecule has 156 valence electrons. The Morgan fingerprint density at radius 3 is 2.27 bits per heavy atom. The molecule has 8 nitrogen and oxygen atoms in total. The van der Waals surface area contributed by atoms with Gasteiger partial charge >= 0.3 is 5.63 Å². The minimum Gasteiger partial charge on any atom is -0.479 e. The molecule has 4 bridgehead atoms. The van der Waals surface area contributed by atoms with Gasteiger partial charge in [0.25, 0.3) is 0 Å². The van der Waals surface area contributed by atoms with E-state index in [9.17, 15) is 9.59 Å². The monoisotopic (exact) mass is 408 g/mol. The number of ether oxygens (including phenoxy) is 1. The van der Waals surface area contributed by atoms with E-state index in [1.54, 1.807) is 19.9 Å². The van der Waals surface area contributed by atoms with E-state index in [1.807, 2.05) is 18.3 Å². The first kappa shape index (κ1) is 18.1. The number of ketones is 1. The first-order valence-corrected chi connectivity index (χ1v) is 10.3. The number of rotatable bonds is 2. The summed E-state index contributed by atoms with van der Waals surface area (Å²) >= 11 is 0. The lowest BCUT2D eigenvalue weighted by Gasteiger charge is -2.60. The third-order valence-corrected chi connectivity index (χ3v) is 6.48. The zero-order valence-corrected chi connectivity index (χ0v) is 17.1. The Kier molecular flexibility index (Phi) is 3.58. The van der Waals surface area contributed by atoms with Crippen LogP contribution in [0.2, 0.25) is 0 Å². The Morgan fingerprint density at radius 1 is 0.967 bits per heavy atom. The zero-order valence-electron chi connectivity index (χ0n) is 17.1. The molecule has 1 aromatic heterocycles. The second-order valence-corrected chi connectivity index (χ2v) is 9.45. The van der Waals surface area contributed by atoms with E-state index < -0.39 is 11.2 Å². The van der Waals surface area contributed by atoms with Crippen LogP contribution in [0.25, 0.3) is 16.5 Å². The lowest BCUT2D eigenvalue weighted by Crippen LogP contribution is -2.79. The quantitative estimate of drug-likeness (QED) is 0.583. The standard InChI is InChI=1S/C22H24N4O4/c1-21(2)20(28)15(7-23-22-8-24-11-25(9-22)13-26(10-22)12-24)18-16(30-21)5-3-14-4-6-17(27)29-19(14)18/h3-7,23H,8-13H2,1-2H3/b15-7-. The average molecular weight is 408 g/mol. The second-order valence-electron chi connectivity index (χ2n) is 9.45. The van der Waals surface area contributed by atoms with Crippen LogP contribution in [0.1, 0.15) is 19.4 Å². The summed E-state index contributed by atoms with van der Waals surface area (Å²) in [6, 6.07) is 6.79. The molecular weight excluding hydrogens is 384 g/mol. The van der Waals surface area contributed by atoms with Gasteiger partial charge in [0.15, 0.2) is 5.60 Å². The average Bonchev–Trinajstić information content (AvgIpc) is 2.67. The Hall–Kier alpha value is -2.68. The highest BCUT2D eigenvalue weighted by Gasteiger charge is 2.49. The maximum absolute atomic E-state index is 13.4. The molecule has 8 heteroatoms. The highest BCUT2D eigenvalue weighted by atomic mass is 16.5. The van der Waals surface area contributed by atoms with Gasteiger partial charge in [0.1, 0.15) is 11.3 Å². The molecule has 0 saturated carbocycles. The molecule has 1 aromatic carbocycles. The summed E-state index contributed by atoms with van der Waals surface area (Å²) in [6.07, 6.45) is 1.83. The third kappa shape index (κ3) is 2.64. The predicted molar refractivity (Wildman–Crippen MR) is 111 cm³/mol. The molecule has 0 amide bonds. The van der Waals surface area contributed by atoms with Gasteiger partial charge in [-0.2, -0.15) is 0 Å². The van der Waals surface area contributed by atoms with Crippen LogP contribution in [0.5, 0.6) is 5.75 Å². The summed E-state index contributed by atoms with van der Waals surface area (Å²) in [7, 11) is 0. The largest absolute Gasteiger partial charge is 0.479 e. The first-order chi connectivity index (χ1) is 14.3. The van der Waals surface area contributed by atoms with Crippen LogP contribution in [-0.2, 0) is 4.79 Å². The van der Waals surface area contributed by atoms with E-state index in [1.165, 1.54) is 6.07 Å². The summed E-state index contributed by atoms with van der Waals surface area (Å²) in [5.74, 6) is 0.420. The van der Waals surface area contributed by atoms with Crippen molar-refractivity contribution in [2.24, 2.45) is 0 Å². The van der Waals surface area contributed by atoms with Gasteiger partial charge < -0.3 is 14.5 Å². The van der Waals surface area contributed by atoms with E-state index in [-0.39, 0.29) is 11.3 Å². The summed E-state index contributed by atoms with van der Waals surface area (Å²) in [6.45, 7) is 9.34. The van der Waals surface area contributed by atoms with Crippen LogP contribution >= 0.6 is 0 Å². The predicted octanol–water partition coefficient (Wildman–Crippen LogP) is 1.02. The molecule has 4 saturated heterocycles. The number of benzene rings is 1. The van der Waals surface area contributed by atoms with Gasteiger partial charge in [0.2, 0.25) is 5.78 Å². The van der Waals surface area contributed by atoms with Crippen molar-refractivity contribution in [2.75, 3.05) is 39.6 Å². The Labute approximate surface area is 173 Å². The van der Waals surface area contributed by atoms with Gasteiger partial charge in [-0.15, -0.1) is 0 Å². The van der Waals surface area contributed by atoms with Gasteiger partial charge in [-0.05, 0) is 32.0 Å². The summed E-state index contributed by atoms with van der Waals surface area (Å²) in [5.41, 5.74) is -0.143. The first-order valence-electron chi connectivity index (χ1n) is 10.3. The fraction of sp³-hybridized carbons (Fsp3) is 0.455. The van der Waals surface area contributed by atoms with Gasteiger partial charge in [-0.25, -0.2) is 4.79 Å². The maximum atomic E-state index is 13.4. The Bertz CT molecular complexity index is 1130. The van der Waals surface area contributed by atoms with Crippen molar-refractivity contribution in [1.82, 2.24) is 20.0 Å². The van der Waals surface area contributed by atoms with Gasteiger partial charge in [-0.3, -0.25) is 19.5 Å². The van der Waals surface area contributed by atoms with Crippen LogP contribution in [-0.4, -0.2) is 71.3 Å². The molecule has 0 unspecified atom stereocenters. The van der Waals surface area contributed by atoms with Gasteiger partial charge in [0, 0.05) is 37.3 Å². The van der Waals surface area contributed by atoms with Crippen LogP contribution in [0.15, 0.2) is 39.7 Å². The van der Waals surface area contributed by atoms with Crippen molar-refractivity contribution in [2.45, 2.75) is 25.0 Å². The highest BCUT2D eigenvalue weighted by molar-refractivity contribution is 6.28. The van der Waals surface area contributed by atoms with E-state index in [4.69, 9.17) is 9.15 Å². The van der Waals surface area contributed by atoms with E-state index in [2.05, 4.69) is 20.0 Å². The number of nitrogens with one attached hydrogen (secondary N) is 1. The molecule has 4 fully saturated rings. The maximum Gasteiger partial charge on any atom is 0.336 e. The lowest BCUT2D eigenvalue weighted by molar-refractivity contribution is -0.146. The number of hydrogen-bond donors (Lipinski definition) is 1. The SMILES string of the molecule is CC1(C)Oc2ccc3ccc(=O)oc3c2/C(=C/NC23CN4CN(CN(C4)C2)C3)C1=O. The van der Waals surface area contributed by atoms with Crippen LogP contribution in [0, 0.1) is 0 Å².